The molecule has 0 saturated carbocycles. The number of aryl methyl sites for hydroxylation is 1. The summed E-state index contributed by atoms with van der Waals surface area (Å²) in [5, 5.41) is 8.91. The van der Waals surface area contributed by atoms with Gasteiger partial charge in [-0.05, 0) is 75.6 Å². The molecule has 3 aromatic carbocycles. The zero-order chi connectivity index (χ0) is 23.4. The highest BCUT2D eigenvalue weighted by molar-refractivity contribution is 9.10. The number of nitriles is 1. The summed E-state index contributed by atoms with van der Waals surface area (Å²) in [7, 11) is 0. The van der Waals surface area contributed by atoms with Gasteiger partial charge in [-0.3, -0.25) is 14.5 Å². The summed E-state index contributed by atoms with van der Waals surface area (Å²) < 4.78 is 6.66. The number of hydrogen-bond donors (Lipinski definition) is 0. The first-order chi connectivity index (χ1) is 15.9. The maximum Gasteiger partial charge on any atom is 0.293 e. The summed E-state index contributed by atoms with van der Waals surface area (Å²) in [5.41, 5.74) is 4.13. The Morgan fingerprint density at radius 1 is 1.09 bits per heavy atom. The summed E-state index contributed by atoms with van der Waals surface area (Å²) in [6, 6.07) is 22.7. The van der Waals surface area contributed by atoms with Gasteiger partial charge in [-0.2, -0.15) is 5.26 Å². The van der Waals surface area contributed by atoms with Crippen LogP contribution in [0.15, 0.2) is 76.1 Å². The predicted octanol–water partition coefficient (Wildman–Crippen LogP) is 6.44. The van der Waals surface area contributed by atoms with Crippen molar-refractivity contribution in [1.82, 2.24) is 4.90 Å². The smallest absolute Gasteiger partial charge is 0.293 e. The average molecular weight is 519 g/mol. The molecule has 1 aliphatic heterocycles. The molecule has 7 heteroatoms. The topological polar surface area (TPSA) is 70.4 Å². The second-order valence-corrected chi connectivity index (χ2v) is 9.35. The van der Waals surface area contributed by atoms with Crippen LogP contribution >= 0.6 is 27.7 Å². The normalized spacial score (nSPS) is 14.6. The lowest BCUT2D eigenvalue weighted by molar-refractivity contribution is -0.123. The molecular formula is C26H19BrN2O3S. The molecule has 164 valence electrons. The van der Waals surface area contributed by atoms with Gasteiger partial charge in [-0.1, -0.05) is 54.1 Å². The zero-order valence-corrected chi connectivity index (χ0v) is 20.2. The van der Waals surface area contributed by atoms with E-state index in [-0.39, 0.29) is 17.7 Å². The highest BCUT2D eigenvalue weighted by atomic mass is 79.9. The fourth-order valence-corrected chi connectivity index (χ4v) is 4.64. The van der Waals surface area contributed by atoms with E-state index in [0.717, 1.165) is 27.4 Å². The Morgan fingerprint density at radius 2 is 1.85 bits per heavy atom. The molecule has 0 unspecified atom stereocenters. The molecule has 1 saturated heterocycles. The first-order valence-electron chi connectivity index (χ1n) is 10.2. The van der Waals surface area contributed by atoms with E-state index in [9.17, 15) is 14.9 Å². The van der Waals surface area contributed by atoms with Crippen molar-refractivity contribution in [3.63, 3.8) is 0 Å². The molecule has 1 fully saturated rings. The molecule has 2 amide bonds. The lowest BCUT2D eigenvalue weighted by Gasteiger charge is -2.13. The highest BCUT2D eigenvalue weighted by Gasteiger charge is 2.35. The van der Waals surface area contributed by atoms with Crippen LogP contribution in [0.4, 0.5) is 4.79 Å². The van der Waals surface area contributed by atoms with E-state index in [1.807, 2.05) is 49.4 Å². The molecule has 0 aromatic heterocycles. The van der Waals surface area contributed by atoms with Crippen LogP contribution in [0.5, 0.6) is 5.75 Å². The lowest BCUT2D eigenvalue weighted by Crippen LogP contribution is -2.27. The standard InChI is InChI=1S/C26H19BrN2O3S/c1-17-6-8-18(9-7-17)16-32-23-11-10-19(12-22(23)27)13-24-25(30)29(26(31)33-24)15-21-5-3-2-4-20(21)14-28/h2-13H,15-16H2,1H3/b24-13+. The van der Waals surface area contributed by atoms with Gasteiger partial charge in [0, 0.05) is 0 Å². The molecule has 1 aliphatic rings. The monoisotopic (exact) mass is 518 g/mol. The first kappa shape index (κ1) is 22.8. The van der Waals surface area contributed by atoms with Crippen molar-refractivity contribution >= 4 is 44.9 Å². The van der Waals surface area contributed by atoms with Gasteiger partial charge >= 0.3 is 0 Å². The van der Waals surface area contributed by atoms with Crippen molar-refractivity contribution in [1.29, 1.82) is 5.26 Å². The van der Waals surface area contributed by atoms with Crippen LogP contribution in [-0.4, -0.2) is 16.0 Å². The molecule has 0 bridgehead atoms. The Labute approximate surface area is 204 Å². The SMILES string of the molecule is Cc1ccc(COc2ccc(/C=C3/SC(=O)N(Cc4ccccc4C#N)C3=O)cc2Br)cc1. The third-order valence-corrected chi connectivity index (χ3v) is 6.64. The first-order valence-corrected chi connectivity index (χ1v) is 11.8. The van der Waals surface area contributed by atoms with Gasteiger partial charge in [0.25, 0.3) is 11.1 Å². The quantitative estimate of drug-likeness (QED) is 0.351. The summed E-state index contributed by atoms with van der Waals surface area (Å²) in [6.07, 6.45) is 1.69. The second kappa shape index (κ2) is 10.1. The van der Waals surface area contributed by atoms with Gasteiger partial charge in [0.2, 0.25) is 0 Å². The number of carbonyl (C=O) groups is 2. The number of rotatable bonds is 6. The number of amides is 2. The lowest BCUT2D eigenvalue weighted by atomic mass is 10.1. The molecule has 0 atom stereocenters. The van der Waals surface area contributed by atoms with E-state index in [1.54, 1.807) is 30.3 Å². The zero-order valence-electron chi connectivity index (χ0n) is 17.7. The van der Waals surface area contributed by atoms with E-state index in [4.69, 9.17) is 4.74 Å². The third kappa shape index (κ3) is 5.36. The summed E-state index contributed by atoms with van der Waals surface area (Å²) in [6.45, 7) is 2.56. The number of nitrogens with zero attached hydrogens (tertiary/aromatic N) is 2. The molecule has 1 heterocycles. The molecular weight excluding hydrogens is 500 g/mol. The minimum Gasteiger partial charge on any atom is -0.488 e. The maximum absolute atomic E-state index is 12.9. The van der Waals surface area contributed by atoms with E-state index < -0.39 is 0 Å². The second-order valence-electron chi connectivity index (χ2n) is 7.50. The number of thioether (sulfide) groups is 1. The fraction of sp³-hybridized carbons (Fsp3) is 0.115. The average Bonchev–Trinajstić information content (AvgIpc) is 3.07. The summed E-state index contributed by atoms with van der Waals surface area (Å²) in [4.78, 5) is 26.8. The number of ether oxygens (including phenoxy) is 1. The van der Waals surface area contributed by atoms with Crippen molar-refractivity contribution in [3.8, 4) is 11.8 Å². The number of imide groups is 1. The van der Waals surface area contributed by atoms with Crippen LogP contribution in [-0.2, 0) is 17.9 Å². The van der Waals surface area contributed by atoms with Crippen LogP contribution in [0.3, 0.4) is 0 Å². The summed E-state index contributed by atoms with van der Waals surface area (Å²) >= 11 is 4.42. The van der Waals surface area contributed by atoms with Crippen LogP contribution < -0.4 is 4.74 Å². The van der Waals surface area contributed by atoms with Crippen LogP contribution in [0.2, 0.25) is 0 Å². The van der Waals surface area contributed by atoms with E-state index in [0.29, 0.717) is 28.4 Å². The van der Waals surface area contributed by atoms with Gasteiger partial charge in [-0.15, -0.1) is 0 Å². The molecule has 5 nitrogen and oxygen atoms in total. The van der Waals surface area contributed by atoms with E-state index in [2.05, 4.69) is 22.0 Å². The molecule has 4 rings (SSSR count). The molecule has 3 aromatic rings. The predicted molar refractivity (Wildman–Crippen MR) is 132 cm³/mol. The minimum absolute atomic E-state index is 0.0707. The van der Waals surface area contributed by atoms with Gasteiger partial charge < -0.3 is 4.74 Å². The molecule has 0 spiro atoms. The Kier molecular flexibility index (Phi) is 6.97. The third-order valence-electron chi connectivity index (χ3n) is 5.11. The van der Waals surface area contributed by atoms with Crippen molar-refractivity contribution < 1.29 is 14.3 Å². The van der Waals surface area contributed by atoms with Crippen LogP contribution in [0.25, 0.3) is 6.08 Å². The van der Waals surface area contributed by atoms with Crippen molar-refractivity contribution in [2.75, 3.05) is 0 Å². The molecule has 0 radical (unpaired) electrons. The van der Waals surface area contributed by atoms with Crippen molar-refractivity contribution in [3.05, 3.63) is 104 Å². The molecule has 33 heavy (non-hydrogen) atoms. The van der Waals surface area contributed by atoms with Crippen LogP contribution in [0.1, 0.15) is 27.8 Å². The minimum atomic E-state index is -0.367. The van der Waals surface area contributed by atoms with E-state index in [1.165, 1.54) is 10.5 Å². The van der Waals surface area contributed by atoms with Crippen LogP contribution in [0, 0.1) is 18.3 Å². The maximum atomic E-state index is 12.9. The number of halogens is 1. The summed E-state index contributed by atoms with van der Waals surface area (Å²) in [5.74, 6) is 0.322. The Balaban J connectivity index is 1.46. The molecule has 0 N–H and O–H groups in total. The largest absolute Gasteiger partial charge is 0.488 e. The Bertz CT molecular complexity index is 1300. The Hall–Kier alpha value is -3.34. The number of benzene rings is 3. The van der Waals surface area contributed by atoms with Gasteiger partial charge in [-0.25, -0.2) is 0 Å². The van der Waals surface area contributed by atoms with Gasteiger partial charge in [0.05, 0.1) is 27.6 Å². The van der Waals surface area contributed by atoms with Gasteiger partial charge in [0.1, 0.15) is 12.4 Å². The molecule has 0 aliphatic carbocycles. The van der Waals surface area contributed by atoms with Crippen molar-refractivity contribution in [2.45, 2.75) is 20.1 Å². The number of carbonyl (C=O) groups excluding carboxylic acids is 2. The van der Waals surface area contributed by atoms with Gasteiger partial charge in [0.15, 0.2) is 0 Å². The Morgan fingerprint density at radius 3 is 2.58 bits per heavy atom. The highest BCUT2D eigenvalue weighted by Crippen LogP contribution is 2.35. The van der Waals surface area contributed by atoms with E-state index >= 15 is 0 Å². The fourth-order valence-electron chi connectivity index (χ4n) is 3.29. The van der Waals surface area contributed by atoms with Crippen molar-refractivity contribution in [2.24, 2.45) is 0 Å². The number of hydrogen-bond acceptors (Lipinski definition) is 5.